The first-order valence-electron chi connectivity index (χ1n) is 6.95. The molecule has 2 aromatic rings. The van der Waals surface area contributed by atoms with Crippen molar-refractivity contribution in [2.75, 3.05) is 13.7 Å². The number of hydrogen-bond acceptors (Lipinski definition) is 2. The standard InChI is InChI=1S/C18H22O2/c1-13-5-4-6-15(9-13)17(12-19)11-16-10-14(2)7-8-18(16)20-3/h4-10,17,19H,11-12H2,1-3H3. The Morgan fingerprint density at radius 3 is 2.45 bits per heavy atom. The summed E-state index contributed by atoms with van der Waals surface area (Å²) >= 11 is 0. The Bertz CT molecular complexity index is 575. The molecule has 1 N–H and O–H groups in total. The molecular weight excluding hydrogens is 248 g/mol. The highest BCUT2D eigenvalue weighted by molar-refractivity contribution is 5.39. The minimum Gasteiger partial charge on any atom is -0.496 e. The second-order valence-electron chi connectivity index (χ2n) is 5.31. The van der Waals surface area contributed by atoms with Gasteiger partial charge < -0.3 is 9.84 Å². The lowest BCUT2D eigenvalue weighted by atomic mass is 9.91. The fourth-order valence-electron chi connectivity index (χ4n) is 2.54. The molecule has 2 nitrogen and oxygen atoms in total. The fraction of sp³-hybridized carbons (Fsp3) is 0.333. The van der Waals surface area contributed by atoms with Crippen molar-refractivity contribution in [3.05, 3.63) is 64.7 Å². The average molecular weight is 270 g/mol. The van der Waals surface area contributed by atoms with Crippen LogP contribution in [-0.4, -0.2) is 18.8 Å². The molecule has 20 heavy (non-hydrogen) atoms. The first kappa shape index (κ1) is 14.6. The summed E-state index contributed by atoms with van der Waals surface area (Å²) in [4.78, 5) is 0. The lowest BCUT2D eigenvalue weighted by Gasteiger charge is -2.17. The zero-order chi connectivity index (χ0) is 14.5. The highest BCUT2D eigenvalue weighted by Crippen LogP contribution is 2.27. The van der Waals surface area contributed by atoms with Gasteiger partial charge in [0.25, 0.3) is 0 Å². The summed E-state index contributed by atoms with van der Waals surface area (Å²) in [5.74, 6) is 0.993. The van der Waals surface area contributed by atoms with Crippen LogP contribution in [0.5, 0.6) is 5.75 Å². The molecule has 0 aromatic heterocycles. The lowest BCUT2D eigenvalue weighted by Crippen LogP contribution is -2.09. The third kappa shape index (κ3) is 3.40. The van der Waals surface area contributed by atoms with Crippen molar-refractivity contribution < 1.29 is 9.84 Å². The summed E-state index contributed by atoms with van der Waals surface area (Å²) in [5.41, 5.74) is 4.75. The summed E-state index contributed by atoms with van der Waals surface area (Å²) in [7, 11) is 1.69. The zero-order valence-electron chi connectivity index (χ0n) is 12.4. The van der Waals surface area contributed by atoms with E-state index in [9.17, 15) is 5.11 Å². The Morgan fingerprint density at radius 1 is 1.05 bits per heavy atom. The number of ether oxygens (including phenoxy) is 1. The van der Waals surface area contributed by atoms with Gasteiger partial charge in [-0.15, -0.1) is 0 Å². The van der Waals surface area contributed by atoms with Crippen LogP contribution in [0, 0.1) is 13.8 Å². The maximum atomic E-state index is 9.72. The highest BCUT2D eigenvalue weighted by atomic mass is 16.5. The van der Waals surface area contributed by atoms with Crippen LogP contribution >= 0.6 is 0 Å². The number of benzene rings is 2. The third-order valence-corrected chi connectivity index (χ3v) is 3.64. The normalized spacial score (nSPS) is 12.2. The molecule has 0 aliphatic carbocycles. The summed E-state index contributed by atoms with van der Waals surface area (Å²) in [5, 5.41) is 9.72. The second-order valence-corrected chi connectivity index (χ2v) is 5.31. The number of rotatable bonds is 5. The van der Waals surface area contributed by atoms with E-state index in [-0.39, 0.29) is 12.5 Å². The van der Waals surface area contributed by atoms with Crippen molar-refractivity contribution in [2.24, 2.45) is 0 Å². The van der Waals surface area contributed by atoms with Gasteiger partial charge in [-0.1, -0.05) is 47.5 Å². The maximum absolute atomic E-state index is 9.72. The predicted molar refractivity (Wildman–Crippen MR) is 82.4 cm³/mol. The van der Waals surface area contributed by atoms with Crippen molar-refractivity contribution in [1.82, 2.24) is 0 Å². The Morgan fingerprint density at radius 2 is 1.80 bits per heavy atom. The van der Waals surface area contributed by atoms with Gasteiger partial charge in [0.05, 0.1) is 13.7 Å². The Kier molecular flexibility index (Phi) is 4.80. The number of methoxy groups -OCH3 is 1. The molecule has 2 rings (SSSR count). The van der Waals surface area contributed by atoms with Gasteiger partial charge in [-0.05, 0) is 37.5 Å². The molecule has 0 saturated heterocycles. The van der Waals surface area contributed by atoms with Gasteiger partial charge in [-0.2, -0.15) is 0 Å². The molecule has 0 radical (unpaired) electrons. The summed E-state index contributed by atoms with van der Waals surface area (Å²) in [6.45, 7) is 4.29. The summed E-state index contributed by atoms with van der Waals surface area (Å²) < 4.78 is 5.42. The second kappa shape index (κ2) is 6.58. The average Bonchev–Trinajstić information content (AvgIpc) is 2.45. The van der Waals surface area contributed by atoms with Crippen LogP contribution in [0.3, 0.4) is 0 Å². The maximum Gasteiger partial charge on any atom is 0.122 e. The zero-order valence-corrected chi connectivity index (χ0v) is 12.4. The Hall–Kier alpha value is -1.80. The van der Waals surface area contributed by atoms with Crippen molar-refractivity contribution >= 4 is 0 Å². The highest BCUT2D eigenvalue weighted by Gasteiger charge is 2.14. The molecule has 0 aliphatic rings. The SMILES string of the molecule is COc1ccc(C)cc1CC(CO)c1cccc(C)c1. The van der Waals surface area contributed by atoms with Gasteiger partial charge in [0.1, 0.15) is 5.75 Å². The molecule has 0 aliphatic heterocycles. The monoisotopic (exact) mass is 270 g/mol. The van der Waals surface area contributed by atoms with E-state index in [1.165, 1.54) is 16.7 Å². The number of aryl methyl sites for hydroxylation is 2. The first-order chi connectivity index (χ1) is 9.63. The molecule has 0 bridgehead atoms. The third-order valence-electron chi connectivity index (χ3n) is 3.64. The van der Waals surface area contributed by atoms with E-state index >= 15 is 0 Å². The van der Waals surface area contributed by atoms with Crippen molar-refractivity contribution in [3.63, 3.8) is 0 Å². The van der Waals surface area contributed by atoms with E-state index in [2.05, 4.69) is 38.1 Å². The lowest BCUT2D eigenvalue weighted by molar-refractivity contribution is 0.263. The summed E-state index contributed by atoms with van der Waals surface area (Å²) in [6, 6.07) is 14.5. The van der Waals surface area contributed by atoms with E-state index in [0.717, 1.165) is 17.7 Å². The van der Waals surface area contributed by atoms with Gasteiger partial charge in [-0.3, -0.25) is 0 Å². The van der Waals surface area contributed by atoms with Crippen LogP contribution in [-0.2, 0) is 6.42 Å². The van der Waals surface area contributed by atoms with Crippen LogP contribution in [0.1, 0.15) is 28.2 Å². The molecule has 0 amide bonds. The van der Waals surface area contributed by atoms with Gasteiger partial charge in [-0.25, -0.2) is 0 Å². The number of hydrogen-bond donors (Lipinski definition) is 1. The molecule has 1 unspecified atom stereocenters. The minimum atomic E-state index is 0.102. The molecule has 0 fully saturated rings. The van der Waals surface area contributed by atoms with Crippen LogP contribution in [0.15, 0.2) is 42.5 Å². The van der Waals surface area contributed by atoms with E-state index < -0.39 is 0 Å². The summed E-state index contributed by atoms with van der Waals surface area (Å²) in [6.07, 6.45) is 0.783. The number of aliphatic hydroxyl groups is 1. The first-order valence-corrected chi connectivity index (χ1v) is 6.95. The molecule has 106 valence electrons. The van der Waals surface area contributed by atoms with Crippen LogP contribution < -0.4 is 4.74 Å². The Labute approximate surface area is 121 Å². The smallest absolute Gasteiger partial charge is 0.122 e. The quantitative estimate of drug-likeness (QED) is 0.899. The molecule has 1 atom stereocenters. The molecule has 0 saturated carbocycles. The number of aliphatic hydroxyl groups excluding tert-OH is 1. The molecular formula is C18H22O2. The van der Waals surface area contributed by atoms with Gasteiger partial charge in [0.15, 0.2) is 0 Å². The Balaban J connectivity index is 2.28. The minimum absolute atomic E-state index is 0.102. The topological polar surface area (TPSA) is 29.5 Å². The van der Waals surface area contributed by atoms with Crippen LogP contribution in [0.2, 0.25) is 0 Å². The van der Waals surface area contributed by atoms with E-state index in [1.54, 1.807) is 7.11 Å². The van der Waals surface area contributed by atoms with E-state index in [4.69, 9.17) is 4.74 Å². The van der Waals surface area contributed by atoms with E-state index in [0.29, 0.717) is 0 Å². The molecule has 2 heteroatoms. The van der Waals surface area contributed by atoms with Gasteiger partial charge >= 0.3 is 0 Å². The van der Waals surface area contributed by atoms with Crippen molar-refractivity contribution in [1.29, 1.82) is 0 Å². The van der Waals surface area contributed by atoms with Crippen LogP contribution in [0.25, 0.3) is 0 Å². The van der Waals surface area contributed by atoms with Gasteiger partial charge in [0, 0.05) is 5.92 Å². The largest absolute Gasteiger partial charge is 0.496 e. The fourth-order valence-corrected chi connectivity index (χ4v) is 2.54. The van der Waals surface area contributed by atoms with Crippen molar-refractivity contribution in [3.8, 4) is 5.75 Å². The molecule has 0 heterocycles. The molecule has 2 aromatic carbocycles. The van der Waals surface area contributed by atoms with E-state index in [1.807, 2.05) is 18.2 Å². The van der Waals surface area contributed by atoms with Crippen molar-refractivity contribution in [2.45, 2.75) is 26.2 Å². The predicted octanol–water partition coefficient (Wildman–Crippen LogP) is 3.63. The molecule has 0 spiro atoms. The van der Waals surface area contributed by atoms with Crippen LogP contribution in [0.4, 0.5) is 0 Å². The van der Waals surface area contributed by atoms with Gasteiger partial charge in [0.2, 0.25) is 0 Å².